The van der Waals surface area contributed by atoms with Crippen molar-refractivity contribution in [2.75, 3.05) is 13.1 Å². The zero-order chi connectivity index (χ0) is 7.07. The van der Waals surface area contributed by atoms with Crippen LogP contribution >= 0.6 is 0 Å². The predicted octanol–water partition coefficient (Wildman–Crippen LogP) is 0.461. The molecule has 0 aliphatic carbocycles. The summed E-state index contributed by atoms with van der Waals surface area (Å²) in [4.78, 5) is 2.25. The van der Waals surface area contributed by atoms with Gasteiger partial charge in [0.15, 0.2) is 0 Å². The summed E-state index contributed by atoms with van der Waals surface area (Å²) in [7, 11) is 0. The maximum atomic E-state index is 9.29. The lowest BCUT2D eigenvalue weighted by Crippen LogP contribution is -2.61. The van der Waals surface area contributed by atoms with Gasteiger partial charge in [-0.1, -0.05) is 0 Å². The van der Waals surface area contributed by atoms with Crippen LogP contribution in [0.5, 0.6) is 0 Å². The fourth-order valence-electron chi connectivity index (χ4n) is 1.19. The number of hydrogen-bond donors (Lipinski definition) is 1. The molecule has 9 heavy (non-hydrogen) atoms. The van der Waals surface area contributed by atoms with E-state index in [2.05, 4.69) is 18.7 Å². The zero-order valence-electron chi connectivity index (χ0n) is 6.39. The Kier molecular flexibility index (Phi) is 1.53. The van der Waals surface area contributed by atoms with E-state index in [0.717, 1.165) is 13.1 Å². The third kappa shape index (κ3) is 1.43. The van der Waals surface area contributed by atoms with Crippen LogP contribution < -0.4 is 0 Å². The molecular formula is C7H15NO. The van der Waals surface area contributed by atoms with Gasteiger partial charge in [0.25, 0.3) is 0 Å². The minimum Gasteiger partial charge on any atom is -0.388 e. The van der Waals surface area contributed by atoms with Crippen LogP contribution in [0.4, 0.5) is 0 Å². The largest absolute Gasteiger partial charge is 0.388 e. The van der Waals surface area contributed by atoms with Crippen molar-refractivity contribution >= 4 is 0 Å². The van der Waals surface area contributed by atoms with Crippen LogP contribution in [0, 0.1) is 0 Å². The number of likely N-dealkylation sites (tertiary alicyclic amines) is 1. The molecule has 1 aliphatic heterocycles. The van der Waals surface area contributed by atoms with Gasteiger partial charge in [0.2, 0.25) is 0 Å². The third-order valence-electron chi connectivity index (χ3n) is 1.82. The summed E-state index contributed by atoms with van der Waals surface area (Å²) in [6.45, 7) is 7.85. The Balaban J connectivity index is 2.27. The number of rotatable bonds is 1. The summed E-state index contributed by atoms with van der Waals surface area (Å²) in [6, 6.07) is 0.588. The molecule has 0 saturated carbocycles. The maximum Gasteiger partial charge on any atom is 0.0872 e. The highest BCUT2D eigenvalue weighted by Crippen LogP contribution is 2.21. The molecule has 1 rings (SSSR count). The Labute approximate surface area is 56.5 Å². The highest BCUT2D eigenvalue weighted by atomic mass is 16.3. The molecule has 0 aromatic rings. The molecular weight excluding hydrogens is 114 g/mol. The molecule has 0 aromatic carbocycles. The van der Waals surface area contributed by atoms with Crippen molar-refractivity contribution in [3.8, 4) is 0 Å². The molecule has 2 heteroatoms. The zero-order valence-corrected chi connectivity index (χ0v) is 6.39. The molecule has 0 radical (unpaired) electrons. The molecule has 0 unspecified atom stereocenters. The Morgan fingerprint density at radius 2 is 1.89 bits per heavy atom. The van der Waals surface area contributed by atoms with Crippen LogP contribution in [-0.2, 0) is 0 Å². The first kappa shape index (κ1) is 7.03. The van der Waals surface area contributed by atoms with Gasteiger partial charge < -0.3 is 5.11 Å². The standard InChI is InChI=1S/C7H15NO/c1-6(2)8-4-7(3,9)5-8/h6,9H,4-5H2,1-3H3. The van der Waals surface area contributed by atoms with E-state index in [1.54, 1.807) is 0 Å². The normalized spacial score (nSPS) is 26.3. The average molecular weight is 129 g/mol. The molecule has 0 atom stereocenters. The van der Waals surface area contributed by atoms with E-state index in [9.17, 15) is 5.11 Å². The van der Waals surface area contributed by atoms with E-state index in [1.807, 2.05) is 6.92 Å². The minimum absolute atomic E-state index is 0.399. The molecule has 1 N–H and O–H groups in total. The van der Waals surface area contributed by atoms with E-state index in [-0.39, 0.29) is 0 Å². The van der Waals surface area contributed by atoms with Crippen LogP contribution in [0.1, 0.15) is 20.8 Å². The van der Waals surface area contributed by atoms with Gasteiger partial charge in [-0.25, -0.2) is 0 Å². The monoisotopic (exact) mass is 129 g/mol. The molecule has 54 valence electrons. The Morgan fingerprint density at radius 3 is 2.00 bits per heavy atom. The van der Waals surface area contributed by atoms with Gasteiger partial charge in [-0.15, -0.1) is 0 Å². The number of β-amino-alcohol motifs (C(OH)–C–C–N with tert-alkyl or cyclic N) is 1. The summed E-state index contributed by atoms with van der Waals surface area (Å²) >= 11 is 0. The molecule has 0 amide bonds. The van der Waals surface area contributed by atoms with Crippen LogP contribution in [0.3, 0.4) is 0 Å². The van der Waals surface area contributed by atoms with Crippen LogP contribution in [0.2, 0.25) is 0 Å². The second kappa shape index (κ2) is 1.96. The van der Waals surface area contributed by atoms with Crippen molar-refractivity contribution in [2.24, 2.45) is 0 Å². The highest BCUT2D eigenvalue weighted by Gasteiger charge is 2.37. The molecule has 0 aromatic heterocycles. The molecule has 1 saturated heterocycles. The lowest BCUT2D eigenvalue weighted by Gasteiger charge is -2.46. The number of nitrogens with zero attached hydrogens (tertiary/aromatic N) is 1. The predicted molar refractivity (Wildman–Crippen MR) is 37.3 cm³/mol. The Morgan fingerprint density at radius 1 is 1.44 bits per heavy atom. The second-order valence-electron chi connectivity index (χ2n) is 3.50. The fourth-order valence-corrected chi connectivity index (χ4v) is 1.19. The lowest BCUT2D eigenvalue weighted by molar-refractivity contribution is -0.0962. The van der Waals surface area contributed by atoms with Gasteiger partial charge in [0.05, 0.1) is 5.60 Å². The van der Waals surface area contributed by atoms with Crippen LogP contribution in [-0.4, -0.2) is 34.7 Å². The molecule has 1 heterocycles. The lowest BCUT2D eigenvalue weighted by atomic mass is 9.95. The van der Waals surface area contributed by atoms with Gasteiger partial charge >= 0.3 is 0 Å². The van der Waals surface area contributed by atoms with Gasteiger partial charge in [0, 0.05) is 19.1 Å². The van der Waals surface area contributed by atoms with E-state index in [0.29, 0.717) is 6.04 Å². The van der Waals surface area contributed by atoms with Crippen molar-refractivity contribution in [3.63, 3.8) is 0 Å². The van der Waals surface area contributed by atoms with Crippen molar-refractivity contribution in [1.29, 1.82) is 0 Å². The van der Waals surface area contributed by atoms with Crippen LogP contribution in [0.25, 0.3) is 0 Å². The van der Waals surface area contributed by atoms with Crippen molar-refractivity contribution in [2.45, 2.75) is 32.4 Å². The third-order valence-corrected chi connectivity index (χ3v) is 1.82. The van der Waals surface area contributed by atoms with Crippen molar-refractivity contribution in [3.05, 3.63) is 0 Å². The summed E-state index contributed by atoms with van der Waals surface area (Å²) in [5, 5.41) is 9.29. The van der Waals surface area contributed by atoms with E-state index >= 15 is 0 Å². The topological polar surface area (TPSA) is 23.5 Å². The molecule has 2 nitrogen and oxygen atoms in total. The summed E-state index contributed by atoms with van der Waals surface area (Å²) in [5.41, 5.74) is -0.399. The van der Waals surface area contributed by atoms with Gasteiger partial charge in [-0.2, -0.15) is 0 Å². The highest BCUT2D eigenvalue weighted by molar-refractivity contribution is 4.92. The fraction of sp³-hybridized carbons (Fsp3) is 1.00. The van der Waals surface area contributed by atoms with E-state index in [1.165, 1.54) is 0 Å². The Bertz CT molecular complexity index is 101. The first-order chi connectivity index (χ1) is 4.01. The van der Waals surface area contributed by atoms with Crippen LogP contribution in [0.15, 0.2) is 0 Å². The minimum atomic E-state index is -0.399. The summed E-state index contributed by atoms with van der Waals surface area (Å²) in [6.07, 6.45) is 0. The van der Waals surface area contributed by atoms with Crippen molar-refractivity contribution in [1.82, 2.24) is 4.90 Å². The summed E-state index contributed by atoms with van der Waals surface area (Å²) in [5.74, 6) is 0. The molecule has 0 bridgehead atoms. The average Bonchev–Trinajstić information content (AvgIpc) is 1.59. The second-order valence-corrected chi connectivity index (χ2v) is 3.50. The number of hydrogen-bond acceptors (Lipinski definition) is 2. The number of aliphatic hydroxyl groups is 1. The van der Waals surface area contributed by atoms with E-state index in [4.69, 9.17) is 0 Å². The maximum absolute atomic E-state index is 9.29. The Hall–Kier alpha value is -0.0800. The molecule has 1 aliphatic rings. The van der Waals surface area contributed by atoms with Gasteiger partial charge in [-0.3, -0.25) is 4.90 Å². The molecule has 1 fully saturated rings. The first-order valence-electron chi connectivity index (χ1n) is 3.48. The van der Waals surface area contributed by atoms with Gasteiger partial charge in [0.1, 0.15) is 0 Å². The van der Waals surface area contributed by atoms with Crippen molar-refractivity contribution < 1.29 is 5.11 Å². The SMILES string of the molecule is CC(C)N1CC(C)(O)C1. The van der Waals surface area contributed by atoms with Gasteiger partial charge in [-0.05, 0) is 20.8 Å². The first-order valence-corrected chi connectivity index (χ1v) is 3.48. The summed E-state index contributed by atoms with van der Waals surface area (Å²) < 4.78 is 0. The quantitative estimate of drug-likeness (QED) is 0.556. The smallest absolute Gasteiger partial charge is 0.0872 e. The van der Waals surface area contributed by atoms with E-state index < -0.39 is 5.60 Å². The molecule has 0 spiro atoms.